The molecule has 2 atom stereocenters. The van der Waals surface area contributed by atoms with Gasteiger partial charge in [-0.25, -0.2) is 9.78 Å². The molecule has 0 spiro atoms. The molecule has 3 N–H and O–H groups in total. The number of hydrogen-bond donors (Lipinski definition) is 3. The standard InChI is InChI=1S/C20H18F3N5O8S2/c1-7(29)35-4-8-5-37-16-12(15(31)28(16)13(8)17(32)33)25-14(30)11(27-36-9-2-3-9)10-6-38-19(24-10)26-18(34)20(21,22)23/h6,9,12,16H,2-5H2,1H3,(H,25,30)(H,32,33)(H,24,26,34)/t12-,16+/m0/s1. The molecule has 1 aromatic heterocycles. The van der Waals surface area contributed by atoms with Crippen molar-refractivity contribution >= 4 is 63.6 Å². The second-order valence-electron chi connectivity index (χ2n) is 8.13. The summed E-state index contributed by atoms with van der Waals surface area (Å²) in [7, 11) is 0. The van der Waals surface area contributed by atoms with Crippen LogP contribution in [0.5, 0.6) is 0 Å². The van der Waals surface area contributed by atoms with E-state index in [0.717, 1.165) is 23.6 Å². The maximum absolute atomic E-state index is 13.1. The van der Waals surface area contributed by atoms with Gasteiger partial charge in [0.25, 0.3) is 11.8 Å². The number of β-lactam (4-membered cyclic amide) rings is 1. The molecule has 1 saturated carbocycles. The summed E-state index contributed by atoms with van der Waals surface area (Å²) in [5.41, 5.74) is -0.790. The lowest BCUT2D eigenvalue weighted by Gasteiger charge is -2.49. The van der Waals surface area contributed by atoms with Crippen molar-refractivity contribution in [1.82, 2.24) is 15.2 Å². The van der Waals surface area contributed by atoms with Crippen LogP contribution < -0.4 is 10.6 Å². The van der Waals surface area contributed by atoms with Gasteiger partial charge < -0.3 is 20.0 Å². The van der Waals surface area contributed by atoms with E-state index in [9.17, 15) is 42.3 Å². The van der Waals surface area contributed by atoms with Crippen molar-refractivity contribution in [2.24, 2.45) is 5.16 Å². The number of esters is 1. The first-order valence-corrected chi connectivity index (χ1v) is 12.7. The van der Waals surface area contributed by atoms with Gasteiger partial charge >= 0.3 is 24.0 Å². The summed E-state index contributed by atoms with van der Waals surface area (Å²) >= 11 is 1.75. The van der Waals surface area contributed by atoms with Crippen LogP contribution in [0.4, 0.5) is 18.3 Å². The van der Waals surface area contributed by atoms with Crippen LogP contribution in [0, 0.1) is 0 Å². The molecular formula is C20H18F3N5O8S2. The van der Waals surface area contributed by atoms with Crippen molar-refractivity contribution in [3.63, 3.8) is 0 Å². The van der Waals surface area contributed by atoms with Crippen LogP contribution in [-0.2, 0) is 33.5 Å². The van der Waals surface area contributed by atoms with Crippen molar-refractivity contribution in [3.05, 3.63) is 22.3 Å². The van der Waals surface area contributed by atoms with Crippen LogP contribution in [0.25, 0.3) is 0 Å². The Hall–Kier alpha value is -3.67. The van der Waals surface area contributed by atoms with E-state index >= 15 is 0 Å². The highest BCUT2D eigenvalue weighted by Gasteiger charge is 2.54. The number of oxime groups is 1. The van der Waals surface area contributed by atoms with Gasteiger partial charge in [-0.15, -0.1) is 23.1 Å². The van der Waals surface area contributed by atoms with E-state index in [1.807, 2.05) is 0 Å². The Bertz CT molecular complexity index is 1260. The Morgan fingerprint density at radius 3 is 2.61 bits per heavy atom. The number of carboxylic acid groups (broad SMARTS) is 1. The lowest BCUT2D eigenvalue weighted by atomic mass is 10.0. The normalized spacial score (nSPS) is 21.3. The predicted molar refractivity (Wildman–Crippen MR) is 124 cm³/mol. The number of aromatic nitrogens is 1. The summed E-state index contributed by atoms with van der Waals surface area (Å²) < 4.78 is 42.5. The van der Waals surface area contributed by atoms with E-state index in [1.54, 1.807) is 5.32 Å². The number of aliphatic carboxylic acids is 1. The number of thioether (sulfide) groups is 1. The Kier molecular flexibility index (Phi) is 7.63. The average Bonchev–Trinajstić information content (AvgIpc) is 3.56. The van der Waals surface area contributed by atoms with E-state index < -0.39 is 58.1 Å². The highest BCUT2D eigenvalue weighted by molar-refractivity contribution is 8.00. The maximum atomic E-state index is 13.1. The topological polar surface area (TPSA) is 177 Å². The number of nitrogens with zero attached hydrogens (tertiary/aromatic N) is 3. The lowest BCUT2D eigenvalue weighted by Crippen LogP contribution is -2.71. The molecule has 18 heteroatoms. The second kappa shape index (κ2) is 10.6. The van der Waals surface area contributed by atoms with Gasteiger partial charge in [0.1, 0.15) is 35.5 Å². The average molecular weight is 578 g/mol. The van der Waals surface area contributed by atoms with E-state index in [-0.39, 0.29) is 35.4 Å². The third kappa shape index (κ3) is 5.90. The van der Waals surface area contributed by atoms with Crippen LogP contribution in [-0.4, -0.2) is 86.4 Å². The molecule has 13 nitrogen and oxygen atoms in total. The molecule has 0 radical (unpaired) electrons. The monoisotopic (exact) mass is 577 g/mol. The zero-order valence-corrected chi connectivity index (χ0v) is 20.9. The molecule has 1 aromatic rings. The van der Waals surface area contributed by atoms with Gasteiger partial charge in [-0.2, -0.15) is 13.2 Å². The van der Waals surface area contributed by atoms with Gasteiger partial charge in [-0.05, 0) is 12.8 Å². The molecule has 3 aliphatic rings. The van der Waals surface area contributed by atoms with Crippen molar-refractivity contribution in [3.8, 4) is 0 Å². The molecule has 0 bridgehead atoms. The first-order chi connectivity index (χ1) is 17.9. The first kappa shape index (κ1) is 27.4. The molecule has 0 unspecified atom stereocenters. The van der Waals surface area contributed by atoms with E-state index in [4.69, 9.17) is 9.57 Å². The number of hydrogen-bond acceptors (Lipinski definition) is 11. The summed E-state index contributed by atoms with van der Waals surface area (Å²) in [6.45, 7) is 0.839. The fourth-order valence-corrected chi connectivity index (χ4v) is 5.32. The number of carboxylic acids is 1. The first-order valence-electron chi connectivity index (χ1n) is 10.8. The van der Waals surface area contributed by atoms with Gasteiger partial charge in [0, 0.05) is 23.6 Å². The van der Waals surface area contributed by atoms with Gasteiger partial charge in [-0.1, -0.05) is 5.16 Å². The molecule has 3 amide bonds. The summed E-state index contributed by atoms with van der Waals surface area (Å²) in [4.78, 5) is 70.0. The van der Waals surface area contributed by atoms with E-state index in [2.05, 4.69) is 15.5 Å². The number of rotatable bonds is 9. The number of carbonyl (C=O) groups excluding carboxylic acids is 4. The van der Waals surface area contributed by atoms with Crippen LogP contribution in [0.1, 0.15) is 25.5 Å². The minimum Gasteiger partial charge on any atom is -0.477 e. The van der Waals surface area contributed by atoms with Crippen molar-refractivity contribution < 1.29 is 51.8 Å². The maximum Gasteiger partial charge on any atom is 0.471 e. The molecule has 3 heterocycles. The molecule has 1 saturated heterocycles. The van der Waals surface area contributed by atoms with Crippen molar-refractivity contribution in [2.45, 2.75) is 43.5 Å². The molecule has 0 aromatic carbocycles. The smallest absolute Gasteiger partial charge is 0.471 e. The second-order valence-corrected chi connectivity index (χ2v) is 10.1. The van der Waals surface area contributed by atoms with Gasteiger partial charge in [0.2, 0.25) is 0 Å². The number of anilines is 1. The number of carbonyl (C=O) groups is 5. The number of ether oxygens (including phenoxy) is 1. The summed E-state index contributed by atoms with van der Waals surface area (Å²) in [5.74, 6) is -5.87. The van der Waals surface area contributed by atoms with Gasteiger partial charge in [0.05, 0.1) is 0 Å². The zero-order valence-electron chi connectivity index (χ0n) is 19.2. The van der Waals surface area contributed by atoms with Gasteiger partial charge in [0.15, 0.2) is 10.8 Å². The zero-order chi connectivity index (χ0) is 27.8. The molecular weight excluding hydrogens is 559 g/mol. The number of alkyl halides is 3. The Morgan fingerprint density at radius 1 is 1.29 bits per heavy atom. The molecule has 38 heavy (non-hydrogen) atoms. The number of nitrogens with one attached hydrogen (secondary N) is 2. The lowest BCUT2D eigenvalue weighted by molar-refractivity contribution is -0.167. The fraction of sp³-hybridized carbons (Fsp3) is 0.450. The molecule has 1 aliphatic carbocycles. The number of amides is 3. The number of fused-ring (bicyclic) bond motifs is 1. The highest BCUT2D eigenvalue weighted by atomic mass is 32.2. The fourth-order valence-electron chi connectivity index (χ4n) is 3.31. The van der Waals surface area contributed by atoms with Crippen molar-refractivity contribution in [2.75, 3.05) is 17.7 Å². The molecule has 4 rings (SSSR count). The summed E-state index contributed by atoms with van der Waals surface area (Å²) in [6.07, 6.45) is -4.05. The third-order valence-corrected chi connectivity index (χ3v) is 7.34. The summed E-state index contributed by atoms with van der Waals surface area (Å²) in [6, 6.07) is -1.16. The van der Waals surface area contributed by atoms with Crippen LogP contribution in [0.3, 0.4) is 0 Å². The Balaban J connectivity index is 1.50. The van der Waals surface area contributed by atoms with Crippen LogP contribution in [0.15, 0.2) is 21.8 Å². The van der Waals surface area contributed by atoms with Crippen LogP contribution in [0.2, 0.25) is 0 Å². The largest absolute Gasteiger partial charge is 0.477 e. The van der Waals surface area contributed by atoms with Crippen molar-refractivity contribution in [1.29, 1.82) is 0 Å². The SMILES string of the molecule is CC(=O)OCC1=C(C(=O)O)N2C(=O)[C@H](NC(=O)C(=NOC3CC3)c3csc(NC(=O)C(F)(F)F)n3)[C@H]2SC1. The minimum absolute atomic E-state index is 0.107. The predicted octanol–water partition coefficient (Wildman–Crippen LogP) is 0.829. The molecule has 204 valence electrons. The quantitative estimate of drug-likeness (QED) is 0.165. The molecule has 2 fully saturated rings. The van der Waals surface area contributed by atoms with E-state index in [0.29, 0.717) is 24.2 Å². The van der Waals surface area contributed by atoms with E-state index in [1.165, 1.54) is 5.38 Å². The minimum atomic E-state index is -5.15. The Morgan fingerprint density at radius 2 is 2.00 bits per heavy atom. The summed E-state index contributed by atoms with van der Waals surface area (Å²) in [5, 5.41) is 17.4. The Labute approximate surface area is 219 Å². The molecule has 2 aliphatic heterocycles. The third-order valence-electron chi connectivity index (χ3n) is 5.24. The number of halogens is 3. The highest BCUT2D eigenvalue weighted by Crippen LogP contribution is 2.40. The van der Waals surface area contributed by atoms with Crippen LogP contribution >= 0.6 is 23.1 Å². The number of thiazole rings is 1. The van der Waals surface area contributed by atoms with Gasteiger partial charge in [-0.3, -0.25) is 29.4 Å².